The summed E-state index contributed by atoms with van der Waals surface area (Å²) in [5, 5.41) is 0. The van der Waals surface area contributed by atoms with Crippen molar-refractivity contribution in [1.29, 1.82) is 0 Å². The lowest BCUT2D eigenvalue weighted by molar-refractivity contribution is -0.0234. The summed E-state index contributed by atoms with van der Waals surface area (Å²) >= 11 is 0. The van der Waals surface area contributed by atoms with E-state index in [1.165, 1.54) is 6.07 Å². The molecule has 1 saturated heterocycles. The summed E-state index contributed by atoms with van der Waals surface area (Å²) in [5.74, 6) is -0.174. The van der Waals surface area contributed by atoms with Crippen LogP contribution in [0.2, 0.25) is 0 Å². The molecule has 16 heavy (non-hydrogen) atoms. The van der Waals surface area contributed by atoms with Crippen molar-refractivity contribution in [1.82, 2.24) is 4.90 Å². The van der Waals surface area contributed by atoms with E-state index in [4.69, 9.17) is 4.74 Å². The molecule has 0 spiro atoms. The second-order valence-electron chi connectivity index (χ2n) is 4.48. The van der Waals surface area contributed by atoms with Crippen LogP contribution >= 0.6 is 0 Å². The van der Waals surface area contributed by atoms with Crippen LogP contribution in [-0.4, -0.2) is 30.7 Å². The lowest BCUT2D eigenvalue weighted by atomic mass is 10.0. The van der Waals surface area contributed by atoms with Gasteiger partial charge in [0.2, 0.25) is 0 Å². The largest absolute Gasteiger partial charge is 0.378 e. The summed E-state index contributed by atoms with van der Waals surface area (Å²) in [7, 11) is 0. The van der Waals surface area contributed by atoms with Crippen LogP contribution in [0.25, 0.3) is 0 Å². The summed E-state index contributed by atoms with van der Waals surface area (Å²) in [6.45, 7) is 6.67. The Hall–Kier alpha value is -0.930. The number of hydrogen-bond acceptors (Lipinski definition) is 2. The Morgan fingerprint density at radius 3 is 2.94 bits per heavy atom. The molecular weight excluding hydrogens is 205 g/mol. The van der Waals surface area contributed by atoms with E-state index in [1.807, 2.05) is 6.07 Å². The van der Waals surface area contributed by atoms with E-state index in [-0.39, 0.29) is 11.9 Å². The van der Waals surface area contributed by atoms with Crippen molar-refractivity contribution in [3.63, 3.8) is 0 Å². The lowest BCUT2D eigenvalue weighted by Crippen LogP contribution is -2.43. The van der Waals surface area contributed by atoms with Gasteiger partial charge in [0.1, 0.15) is 5.82 Å². The monoisotopic (exact) mass is 223 g/mol. The number of morpholine rings is 1. The third kappa shape index (κ3) is 2.42. The van der Waals surface area contributed by atoms with Crippen molar-refractivity contribution in [2.45, 2.75) is 25.9 Å². The molecule has 2 nitrogen and oxygen atoms in total. The molecule has 0 radical (unpaired) electrons. The fourth-order valence-electron chi connectivity index (χ4n) is 2.24. The van der Waals surface area contributed by atoms with Gasteiger partial charge in [-0.2, -0.15) is 0 Å². The normalized spacial score (nSPS) is 22.6. The first-order valence-corrected chi connectivity index (χ1v) is 5.77. The molecule has 3 heteroatoms. The number of nitrogens with zero attached hydrogens (tertiary/aromatic N) is 1. The number of hydrogen-bond donors (Lipinski definition) is 0. The van der Waals surface area contributed by atoms with Gasteiger partial charge in [0.25, 0.3) is 0 Å². The van der Waals surface area contributed by atoms with E-state index >= 15 is 0 Å². The zero-order chi connectivity index (χ0) is 11.5. The summed E-state index contributed by atoms with van der Waals surface area (Å²) < 4.78 is 18.7. The molecule has 0 aliphatic carbocycles. The van der Waals surface area contributed by atoms with Crippen molar-refractivity contribution in [3.05, 3.63) is 35.6 Å². The maximum Gasteiger partial charge on any atom is 0.123 e. The molecule has 0 saturated carbocycles. The molecule has 1 aliphatic heterocycles. The smallest absolute Gasteiger partial charge is 0.123 e. The molecule has 1 aromatic carbocycles. The molecule has 0 amide bonds. The van der Waals surface area contributed by atoms with Crippen LogP contribution in [0.15, 0.2) is 24.3 Å². The van der Waals surface area contributed by atoms with E-state index in [2.05, 4.69) is 18.7 Å². The molecule has 1 unspecified atom stereocenters. The van der Waals surface area contributed by atoms with Crippen LogP contribution in [0, 0.1) is 5.82 Å². The van der Waals surface area contributed by atoms with Gasteiger partial charge in [0.05, 0.1) is 19.3 Å². The van der Waals surface area contributed by atoms with Crippen molar-refractivity contribution in [2.24, 2.45) is 0 Å². The molecule has 1 atom stereocenters. The van der Waals surface area contributed by atoms with E-state index in [9.17, 15) is 4.39 Å². The molecular formula is C13H18FNO. The highest BCUT2D eigenvalue weighted by molar-refractivity contribution is 5.21. The van der Waals surface area contributed by atoms with Crippen LogP contribution in [0.5, 0.6) is 0 Å². The summed E-state index contributed by atoms with van der Waals surface area (Å²) in [6.07, 6.45) is 0. The van der Waals surface area contributed by atoms with Gasteiger partial charge in [-0.1, -0.05) is 12.1 Å². The second kappa shape index (κ2) is 4.93. The third-order valence-corrected chi connectivity index (χ3v) is 3.07. The Morgan fingerprint density at radius 1 is 1.44 bits per heavy atom. The van der Waals surface area contributed by atoms with E-state index < -0.39 is 0 Å². The van der Waals surface area contributed by atoms with Gasteiger partial charge in [-0.3, -0.25) is 4.90 Å². The Bertz CT molecular complexity index is 354. The summed E-state index contributed by atoms with van der Waals surface area (Å²) in [5.41, 5.74) is 1.01. The standard InChI is InChI=1S/C13H18FNO/c1-10(2)15-6-7-16-9-13(15)11-4-3-5-12(14)8-11/h3-5,8,10,13H,6-7,9H2,1-2H3. The van der Waals surface area contributed by atoms with Gasteiger partial charge < -0.3 is 4.74 Å². The lowest BCUT2D eigenvalue weighted by Gasteiger charge is -2.38. The predicted molar refractivity (Wildman–Crippen MR) is 61.8 cm³/mol. The average molecular weight is 223 g/mol. The van der Waals surface area contributed by atoms with Crippen LogP contribution in [-0.2, 0) is 4.74 Å². The van der Waals surface area contributed by atoms with Crippen molar-refractivity contribution in [3.8, 4) is 0 Å². The van der Waals surface area contributed by atoms with Crippen LogP contribution in [0.4, 0.5) is 4.39 Å². The van der Waals surface area contributed by atoms with Crippen LogP contribution < -0.4 is 0 Å². The molecule has 1 heterocycles. The minimum absolute atomic E-state index is 0.174. The van der Waals surface area contributed by atoms with Crippen molar-refractivity contribution >= 4 is 0 Å². The van der Waals surface area contributed by atoms with Gasteiger partial charge in [-0.25, -0.2) is 4.39 Å². The van der Waals surface area contributed by atoms with E-state index in [0.29, 0.717) is 12.6 Å². The molecule has 1 fully saturated rings. The summed E-state index contributed by atoms with van der Waals surface area (Å²) in [4.78, 5) is 2.36. The maximum atomic E-state index is 13.2. The topological polar surface area (TPSA) is 12.5 Å². The SMILES string of the molecule is CC(C)N1CCOCC1c1cccc(F)c1. The quantitative estimate of drug-likeness (QED) is 0.764. The Morgan fingerprint density at radius 2 is 2.25 bits per heavy atom. The molecule has 2 rings (SSSR count). The molecule has 1 aromatic rings. The zero-order valence-corrected chi connectivity index (χ0v) is 9.82. The van der Waals surface area contributed by atoms with E-state index in [1.54, 1.807) is 12.1 Å². The first-order chi connectivity index (χ1) is 7.68. The molecule has 1 aliphatic rings. The van der Waals surface area contributed by atoms with Crippen LogP contribution in [0.3, 0.4) is 0 Å². The highest BCUT2D eigenvalue weighted by atomic mass is 19.1. The fraction of sp³-hybridized carbons (Fsp3) is 0.538. The highest BCUT2D eigenvalue weighted by Gasteiger charge is 2.26. The molecule has 0 bridgehead atoms. The average Bonchev–Trinajstić information content (AvgIpc) is 2.29. The van der Waals surface area contributed by atoms with Gasteiger partial charge in [-0.15, -0.1) is 0 Å². The van der Waals surface area contributed by atoms with Crippen molar-refractivity contribution < 1.29 is 9.13 Å². The number of benzene rings is 1. The molecule has 88 valence electrons. The molecule has 0 N–H and O–H groups in total. The summed E-state index contributed by atoms with van der Waals surface area (Å²) in [6, 6.07) is 7.46. The maximum absolute atomic E-state index is 13.2. The van der Waals surface area contributed by atoms with Gasteiger partial charge in [-0.05, 0) is 31.5 Å². The number of halogens is 1. The zero-order valence-electron chi connectivity index (χ0n) is 9.82. The van der Waals surface area contributed by atoms with Crippen molar-refractivity contribution in [2.75, 3.05) is 19.8 Å². The highest BCUT2D eigenvalue weighted by Crippen LogP contribution is 2.26. The third-order valence-electron chi connectivity index (χ3n) is 3.07. The minimum Gasteiger partial charge on any atom is -0.378 e. The number of ether oxygens (including phenoxy) is 1. The van der Waals surface area contributed by atoms with Gasteiger partial charge in [0, 0.05) is 12.6 Å². The Balaban J connectivity index is 2.23. The molecule has 0 aromatic heterocycles. The Kier molecular flexibility index (Phi) is 3.56. The minimum atomic E-state index is -0.174. The van der Waals surface area contributed by atoms with Crippen LogP contribution in [0.1, 0.15) is 25.5 Å². The Labute approximate surface area is 96.0 Å². The van der Waals surface area contributed by atoms with Gasteiger partial charge >= 0.3 is 0 Å². The fourth-order valence-corrected chi connectivity index (χ4v) is 2.24. The number of rotatable bonds is 2. The first-order valence-electron chi connectivity index (χ1n) is 5.77. The van der Waals surface area contributed by atoms with E-state index in [0.717, 1.165) is 18.7 Å². The second-order valence-corrected chi connectivity index (χ2v) is 4.48. The van der Waals surface area contributed by atoms with Gasteiger partial charge in [0.15, 0.2) is 0 Å². The predicted octanol–water partition coefficient (Wildman–Crippen LogP) is 2.61. The first kappa shape index (κ1) is 11.6.